The van der Waals surface area contributed by atoms with Gasteiger partial charge < -0.3 is 4.74 Å². The molecule has 0 aromatic carbocycles. The Morgan fingerprint density at radius 3 is 2.22 bits per heavy atom. The average Bonchev–Trinajstić information content (AvgIpc) is 2.20. The predicted molar refractivity (Wildman–Crippen MR) is 71.3 cm³/mol. The summed E-state index contributed by atoms with van der Waals surface area (Å²) >= 11 is 0. The number of Topliss-reactive ketones (excluding diaryl/α,β-unsaturated/α-hetero) is 1. The second kappa shape index (κ2) is 3.82. The van der Waals surface area contributed by atoms with Gasteiger partial charge in [0.1, 0.15) is 6.61 Å². The third-order valence-corrected chi connectivity index (χ3v) is 5.66. The lowest BCUT2D eigenvalue weighted by Crippen LogP contribution is -2.58. The van der Waals surface area contributed by atoms with Crippen LogP contribution in [-0.2, 0) is 9.53 Å². The third-order valence-electron chi connectivity index (χ3n) is 5.66. The molecule has 4 aliphatic carbocycles. The highest BCUT2D eigenvalue weighted by molar-refractivity contribution is 5.86. The highest BCUT2D eigenvalue weighted by Crippen LogP contribution is 2.69. The standard InChI is InChI=1S/C16H26O2/c1-4-18-8-13(17)16-7-12-5-14(2,10-16)9-15(3,6-12)11-16/h12H,4-11H2,1-3H3. The van der Waals surface area contributed by atoms with Gasteiger partial charge in [-0.1, -0.05) is 13.8 Å². The van der Waals surface area contributed by atoms with E-state index in [-0.39, 0.29) is 5.41 Å². The van der Waals surface area contributed by atoms with E-state index >= 15 is 0 Å². The molecule has 0 N–H and O–H groups in total. The molecule has 2 heteroatoms. The molecule has 4 rings (SSSR count). The first-order valence-electron chi connectivity index (χ1n) is 7.50. The fourth-order valence-corrected chi connectivity index (χ4v) is 6.11. The fraction of sp³-hybridized carbons (Fsp3) is 0.938. The Kier molecular flexibility index (Phi) is 2.68. The molecule has 102 valence electrons. The second-order valence-electron chi connectivity index (χ2n) is 7.97. The Morgan fingerprint density at radius 2 is 1.72 bits per heavy atom. The topological polar surface area (TPSA) is 26.3 Å². The van der Waals surface area contributed by atoms with E-state index in [1.54, 1.807) is 0 Å². The van der Waals surface area contributed by atoms with Crippen LogP contribution in [0, 0.1) is 22.2 Å². The Hall–Kier alpha value is -0.370. The number of carbonyl (C=O) groups excluding carboxylic acids is 1. The maximum atomic E-state index is 12.6. The van der Waals surface area contributed by atoms with E-state index < -0.39 is 0 Å². The van der Waals surface area contributed by atoms with E-state index in [9.17, 15) is 4.79 Å². The van der Waals surface area contributed by atoms with Crippen molar-refractivity contribution in [3.05, 3.63) is 0 Å². The minimum Gasteiger partial charge on any atom is -0.374 e. The van der Waals surface area contributed by atoms with Gasteiger partial charge in [0.25, 0.3) is 0 Å². The van der Waals surface area contributed by atoms with Crippen molar-refractivity contribution in [1.82, 2.24) is 0 Å². The Morgan fingerprint density at radius 1 is 1.11 bits per heavy atom. The SMILES string of the molecule is CCOCC(=O)C12CC3CC(C)(CC(C)(C3)C1)C2. The molecular formula is C16H26O2. The molecule has 0 spiro atoms. The zero-order chi connectivity index (χ0) is 13.0. The lowest BCUT2D eigenvalue weighted by molar-refractivity contribution is -0.171. The molecule has 2 nitrogen and oxygen atoms in total. The van der Waals surface area contributed by atoms with Crippen molar-refractivity contribution in [3.63, 3.8) is 0 Å². The smallest absolute Gasteiger partial charge is 0.164 e. The molecule has 2 unspecified atom stereocenters. The van der Waals surface area contributed by atoms with Gasteiger partial charge in [-0.05, 0) is 62.2 Å². The first-order valence-corrected chi connectivity index (χ1v) is 7.50. The monoisotopic (exact) mass is 250 g/mol. The van der Waals surface area contributed by atoms with Crippen LogP contribution in [0.5, 0.6) is 0 Å². The van der Waals surface area contributed by atoms with Crippen LogP contribution in [0.2, 0.25) is 0 Å². The van der Waals surface area contributed by atoms with E-state index in [0.29, 0.717) is 29.8 Å². The largest absolute Gasteiger partial charge is 0.374 e. The number of ether oxygens (including phenoxy) is 1. The van der Waals surface area contributed by atoms with Gasteiger partial charge in [0, 0.05) is 12.0 Å². The molecule has 0 radical (unpaired) electrons. The van der Waals surface area contributed by atoms with Crippen molar-refractivity contribution >= 4 is 5.78 Å². The summed E-state index contributed by atoms with van der Waals surface area (Å²) in [5.74, 6) is 1.19. The lowest BCUT2D eigenvalue weighted by Gasteiger charge is -2.64. The zero-order valence-corrected chi connectivity index (χ0v) is 12.1. The fourth-order valence-electron chi connectivity index (χ4n) is 6.11. The molecule has 4 fully saturated rings. The molecule has 4 saturated carbocycles. The second-order valence-corrected chi connectivity index (χ2v) is 7.97. The predicted octanol–water partition coefficient (Wildman–Crippen LogP) is 3.59. The summed E-state index contributed by atoms with van der Waals surface area (Å²) in [6.45, 7) is 7.79. The molecule has 2 atom stereocenters. The van der Waals surface area contributed by atoms with Crippen molar-refractivity contribution in [2.75, 3.05) is 13.2 Å². The molecule has 18 heavy (non-hydrogen) atoms. The summed E-state index contributed by atoms with van der Waals surface area (Å²) in [6.07, 6.45) is 7.43. The zero-order valence-electron chi connectivity index (χ0n) is 12.1. The van der Waals surface area contributed by atoms with E-state index in [1.807, 2.05) is 6.92 Å². The van der Waals surface area contributed by atoms with E-state index in [0.717, 1.165) is 25.2 Å². The average molecular weight is 250 g/mol. The number of hydrogen-bond donors (Lipinski definition) is 0. The molecule has 0 heterocycles. The first-order chi connectivity index (χ1) is 8.39. The number of hydrogen-bond acceptors (Lipinski definition) is 2. The molecule has 0 aromatic heterocycles. The van der Waals surface area contributed by atoms with Gasteiger partial charge in [0.2, 0.25) is 0 Å². The van der Waals surface area contributed by atoms with Crippen LogP contribution < -0.4 is 0 Å². The van der Waals surface area contributed by atoms with Crippen molar-refractivity contribution < 1.29 is 9.53 Å². The van der Waals surface area contributed by atoms with Crippen LogP contribution in [0.4, 0.5) is 0 Å². The van der Waals surface area contributed by atoms with E-state index in [4.69, 9.17) is 4.74 Å². The van der Waals surface area contributed by atoms with Gasteiger partial charge in [-0.3, -0.25) is 4.79 Å². The summed E-state index contributed by atoms with van der Waals surface area (Å²) in [5, 5.41) is 0. The summed E-state index contributed by atoms with van der Waals surface area (Å²) in [5.41, 5.74) is 0.824. The number of ketones is 1. The van der Waals surface area contributed by atoms with Gasteiger partial charge in [-0.2, -0.15) is 0 Å². The highest BCUT2D eigenvalue weighted by atomic mass is 16.5. The van der Waals surface area contributed by atoms with Crippen LogP contribution in [0.1, 0.15) is 59.3 Å². The maximum absolute atomic E-state index is 12.6. The van der Waals surface area contributed by atoms with Gasteiger partial charge in [0.05, 0.1) is 0 Å². The summed E-state index contributed by atoms with van der Waals surface area (Å²) < 4.78 is 5.40. The molecule has 4 bridgehead atoms. The van der Waals surface area contributed by atoms with Gasteiger partial charge in [-0.15, -0.1) is 0 Å². The van der Waals surface area contributed by atoms with Gasteiger partial charge >= 0.3 is 0 Å². The minimum atomic E-state index is -0.0297. The Balaban J connectivity index is 1.86. The summed E-state index contributed by atoms with van der Waals surface area (Å²) in [6, 6.07) is 0. The maximum Gasteiger partial charge on any atom is 0.164 e. The highest BCUT2D eigenvalue weighted by Gasteiger charge is 2.62. The van der Waals surface area contributed by atoms with Gasteiger partial charge in [-0.25, -0.2) is 0 Å². The summed E-state index contributed by atoms with van der Waals surface area (Å²) in [4.78, 5) is 12.6. The van der Waals surface area contributed by atoms with Crippen molar-refractivity contribution in [1.29, 1.82) is 0 Å². The number of carbonyl (C=O) groups is 1. The van der Waals surface area contributed by atoms with Crippen molar-refractivity contribution in [2.45, 2.75) is 59.3 Å². The lowest BCUT2D eigenvalue weighted by atomic mass is 9.39. The quantitative estimate of drug-likeness (QED) is 0.762. The van der Waals surface area contributed by atoms with E-state index in [2.05, 4.69) is 13.8 Å². The van der Waals surface area contributed by atoms with Crippen LogP contribution in [0.15, 0.2) is 0 Å². The third kappa shape index (κ3) is 1.84. The van der Waals surface area contributed by atoms with Crippen LogP contribution >= 0.6 is 0 Å². The Labute approximate surface area is 110 Å². The van der Waals surface area contributed by atoms with Crippen LogP contribution in [-0.4, -0.2) is 19.0 Å². The van der Waals surface area contributed by atoms with Crippen molar-refractivity contribution in [2.24, 2.45) is 22.2 Å². The first kappa shape index (κ1) is 12.7. The van der Waals surface area contributed by atoms with Crippen molar-refractivity contribution in [3.8, 4) is 0 Å². The summed E-state index contributed by atoms with van der Waals surface area (Å²) in [7, 11) is 0. The molecule has 0 aromatic rings. The number of rotatable bonds is 4. The Bertz CT molecular complexity index is 355. The van der Waals surface area contributed by atoms with Crippen LogP contribution in [0.25, 0.3) is 0 Å². The molecule has 0 aliphatic heterocycles. The van der Waals surface area contributed by atoms with Crippen LogP contribution in [0.3, 0.4) is 0 Å². The molecule has 0 amide bonds. The minimum absolute atomic E-state index is 0.0297. The van der Waals surface area contributed by atoms with E-state index in [1.165, 1.54) is 19.3 Å². The molecule has 0 saturated heterocycles. The van der Waals surface area contributed by atoms with Gasteiger partial charge in [0.15, 0.2) is 5.78 Å². The molecule has 4 aliphatic rings. The normalized spacial score (nSPS) is 49.6. The molecular weight excluding hydrogens is 224 g/mol.